The number of nitrogens with zero attached hydrogens (tertiary/aromatic N) is 1. The zero-order valence-electron chi connectivity index (χ0n) is 15.0. The summed E-state index contributed by atoms with van der Waals surface area (Å²) >= 11 is 0. The monoisotopic (exact) mass is 352 g/mol. The molecular formula is C21H24N2O3. The highest BCUT2D eigenvalue weighted by atomic mass is 16.5. The molecule has 2 aliphatic rings. The van der Waals surface area contributed by atoms with E-state index in [1.54, 1.807) is 6.20 Å². The molecule has 1 saturated carbocycles. The Hall–Kier alpha value is -2.40. The molecule has 1 aromatic carbocycles. The molecule has 136 valence electrons. The lowest BCUT2D eigenvalue weighted by Gasteiger charge is -2.33. The maximum absolute atomic E-state index is 13.1. The van der Waals surface area contributed by atoms with Crippen LogP contribution in [0.25, 0.3) is 0 Å². The van der Waals surface area contributed by atoms with Gasteiger partial charge in [-0.05, 0) is 37.8 Å². The average molecular weight is 352 g/mol. The molecule has 4 rings (SSSR count). The highest BCUT2D eigenvalue weighted by molar-refractivity contribution is 5.91. The van der Waals surface area contributed by atoms with Gasteiger partial charge in [-0.3, -0.25) is 4.79 Å². The Morgan fingerprint density at radius 1 is 1.23 bits per heavy atom. The molecule has 0 unspecified atom stereocenters. The number of hydrogen-bond acceptors (Lipinski definition) is 4. The molecule has 0 spiro atoms. The molecule has 0 radical (unpaired) electrons. The predicted octanol–water partition coefficient (Wildman–Crippen LogP) is 2.77. The average Bonchev–Trinajstić information content (AvgIpc) is 3.47. The molecule has 1 amide bonds. The largest absolute Gasteiger partial charge is 0.470 e. The number of hydrogen-bond donors (Lipinski definition) is 1. The van der Waals surface area contributed by atoms with Gasteiger partial charge in [-0.15, -0.1) is 0 Å². The van der Waals surface area contributed by atoms with Gasteiger partial charge in [0.1, 0.15) is 6.10 Å². The lowest BCUT2D eigenvalue weighted by atomic mass is 9.93. The van der Waals surface area contributed by atoms with Crippen LogP contribution in [0.2, 0.25) is 0 Å². The van der Waals surface area contributed by atoms with Crippen molar-refractivity contribution in [1.82, 2.24) is 10.3 Å². The van der Waals surface area contributed by atoms with Crippen LogP contribution in [0.3, 0.4) is 0 Å². The van der Waals surface area contributed by atoms with Crippen molar-refractivity contribution in [2.24, 2.45) is 0 Å². The Balaban J connectivity index is 1.46. The van der Waals surface area contributed by atoms with E-state index in [0.29, 0.717) is 19.1 Å². The molecule has 2 aromatic rings. The Bertz CT molecular complexity index is 757. The summed E-state index contributed by atoms with van der Waals surface area (Å²) in [5.74, 6) is 0.657. The van der Waals surface area contributed by atoms with Gasteiger partial charge in [0.05, 0.1) is 18.1 Å². The Labute approximate surface area is 153 Å². The minimum Gasteiger partial charge on any atom is -0.470 e. The summed E-state index contributed by atoms with van der Waals surface area (Å²) in [6, 6.07) is 13.8. The standard InChI is InChI=1S/C21H24N2O3/c1-15-5-7-16(8-6-15)21(10-11-21)20(24)23-17-9-13-25-14-18(17)26-19-4-2-3-12-22-19/h2-8,12,17-18H,9-11,13-14H2,1H3,(H,23,24)/t17-,18-/m1/s1. The Kier molecular flexibility index (Phi) is 4.64. The molecule has 1 saturated heterocycles. The third-order valence-electron chi connectivity index (χ3n) is 5.32. The fraction of sp³-hybridized carbons (Fsp3) is 0.429. The van der Waals surface area contributed by atoms with E-state index < -0.39 is 0 Å². The number of ether oxygens (including phenoxy) is 2. The molecule has 1 N–H and O–H groups in total. The van der Waals surface area contributed by atoms with Crippen LogP contribution < -0.4 is 10.1 Å². The van der Waals surface area contributed by atoms with Gasteiger partial charge in [-0.25, -0.2) is 4.98 Å². The van der Waals surface area contributed by atoms with E-state index >= 15 is 0 Å². The predicted molar refractivity (Wildman–Crippen MR) is 98.1 cm³/mol. The molecule has 2 heterocycles. The maximum Gasteiger partial charge on any atom is 0.231 e. The summed E-state index contributed by atoms with van der Waals surface area (Å²) in [5.41, 5.74) is 1.94. The quantitative estimate of drug-likeness (QED) is 0.899. The lowest BCUT2D eigenvalue weighted by molar-refractivity contribution is -0.126. The van der Waals surface area contributed by atoms with Gasteiger partial charge < -0.3 is 14.8 Å². The van der Waals surface area contributed by atoms with E-state index in [2.05, 4.69) is 41.5 Å². The number of benzene rings is 1. The third kappa shape index (κ3) is 3.44. The van der Waals surface area contributed by atoms with Crippen LogP contribution in [0.15, 0.2) is 48.7 Å². The fourth-order valence-electron chi connectivity index (χ4n) is 3.52. The van der Waals surface area contributed by atoms with Crippen molar-refractivity contribution in [3.8, 4) is 5.88 Å². The van der Waals surface area contributed by atoms with Gasteiger partial charge in [0, 0.05) is 18.9 Å². The van der Waals surface area contributed by atoms with Gasteiger partial charge in [0.2, 0.25) is 11.8 Å². The van der Waals surface area contributed by atoms with E-state index in [1.165, 1.54) is 5.56 Å². The second-order valence-corrected chi connectivity index (χ2v) is 7.22. The molecule has 1 aliphatic heterocycles. The van der Waals surface area contributed by atoms with E-state index in [-0.39, 0.29) is 23.5 Å². The first-order chi connectivity index (χ1) is 12.7. The van der Waals surface area contributed by atoms with Gasteiger partial charge in [-0.1, -0.05) is 35.9 Å². The van der Waals surface area contributed by atoms with E-state index in [9.17, 15) is 4.79 Å². The zero-order chi connectivity index (χ0) is 18.0. The summed E-state index contributed by atoms with van der Waals surface area (Å²) in [4.78, 5) is 17.3. The molecule has 2 fully saturated rings. The van der Waals surface area contributed by atoms with E-state index in [1.807, 2.05) is 18.2 Å². The van der Waals surface area contributed by atoms with Crippen molar-refractivity contribution in [2.45, 2.75) is 43.7 Å². The van der Waals surface area contributed by atoms with Crippen LogP contribution in [0.4, 0.5) is 0 Å². The van der Waals surface area contributed by atoms with Crippen molar-refractivity contribution in [2.75, 3.05) is 13.2 Å². The van der Waals surface area contributed by atoms with Gasteiger partial charge >= 0.3 is 0 Å². The van der Waals surface area contributed by atoms with Crippen molar-refractivity contribution < 1.29 is 14.3 Å². The van der Waals surface area contributed by atoms with E-state index in [0.717, 1.165) is 24.8 Å². The lowest BCUT2D eigenvalue weighted by Crippen LogP contribution is -2.53. The van der Waals surface area contributed by atoms with Crippen LogP contribution in [0, 0.1) is 6.92 Å². The molecular weight excluding hydrogens is 328 g/mol. The second kappa shape index (κ2) is 7.08. The summed E-state index contributed by atoms with van der Waals surface area (Å²) in [5, 5.41) is 3.23. The number of rotatable bonds is 5. The fourth-order valence-corrected chi connectivity index (χ4v) is 3.52. The van der Waals surface area contributed by atoms with Crippen LogP contribution in [-0.2, 0) is 14.9 Å². The molecule has 26 heavy (non-hydrogen) atoms. The highest BCUT2D eigenvalue weighted by Crippen LogP contribution is 2.48. The van der Waals surface area contributed by atoms with Gasteiger partial charge in [-0.2, -0.15) is 0 Å². The number of aromatic nitrogens is 1. The third-order valence-corrected chi connectivity index (χ3v) is 5.32. The molecule has 1 aliphatic carbocycles. The first-order valence-corrected chi connectivity index (χ1v) is 9.21. The minimum atomic E-state index is -0.373. The minimum absolute atomic E-state index is 0.0684. The molecule has 5 nitrogen and oxygen atoms in total. The second-order valence-electron chi connectivity index (χ2n) is 7.22. The molecule has 5 heteroatoms. The number of nitrogens with one attached hydrogen (secondary N) is 1. The van der Waals surface area contributed by atoms with Gasteiger partial charge in [0.15, 0.2) is 0 Å². The van der Waals surface area contributed by atoms with Crippen LogP contribution >= 0.6 is 0 Å². The number of amides is 1. The highest BCUT2D eigenvalue weighted by Gasteiger charge is 2.52. The molecule has 2 atom stereocenters. The van der Waals surface area contributed by atoms with Crippen LogP contribution in [-0.4, -0.2) is 36.3 Å². The Morgan fingerprint density at radius 2 is 2.04 bits per heavy atom. The summed E-state index contributed by atoms with van der Waals surface area (Å²) in [6.45, 7) is 3.15. The zero-order valence-corrected chi connectivity index (χ0v) is 15.0. The molecule has 0 bridgehead atoms. The van der Waals surface area contributed by atoms with Crippen molar-refractivity contribution >= 4 is 5.91 Å². The summed E-state index contributed by atoms with van der Waals surface area (Å²) in [7, 11) is 0. The number of pyridine rings is 1. The number of aryl methyl sites for hydroxylation is 1. The number of carbonyl (C=O) groups excluding carboxylic acids is 1. The Morgan fingerprint density at radius 3 is 2.73 bits per heavy atom. The normalized spacial score (nSPS) is 23.9. The summed E-state index contributed by atoms with van der Waals surface area (Å²) < 4.78 is 11.5. The topological polar surface area (TPSA) is 60.5 Å². The number of carbonyl (C=O) groups is 1. The molecule has 1 aromatic heterocycles. The van der Waals surface area contributed by atoms with E-state index in [4.69, 9.17) is 9.47 Å². The maximum atomic E-state index is 13.1. The smallest absolute Gasteiger partial charge is 0.231 e. The van der Waals surface area contributed by atoms with Crippen molar-refractivity contribution in [3.05, 3.63) is 59.8 Å². The van der Waals surface area contributed by atoms with Gasteiger partial charge in [0.25, 0.3) is 0 Å². The first kappa shape index (κ1) is 17.0. The van der Waals surface area contributed by atoms with Crippen LogP contribution in [0.1, 0.15) is 30.4 Å². The first-order valence-electron chi connectivity index (χ1n) is 9.21. The van der Waals surface area contributed by atoms with Crippen molar-refractivity contribution in [3.63, 3.8) is 0 Å². The van der Waals surface area contributed by atoms with Crippen molar-refractivity contribution in [1.29, 1.82) is 0 Å². The van der Waals surface area contributed by atoms with Crippen LogP contribution in [0.5, 0.6) is 5.88 Å². The SMILES string of the molecule is Cc1ccc(C2(C(=O)N[C@@H]3CCOC[C@H]3Oc3ccccn3)CC2)cc1. The summed E-state index contributed by atoms with van der Waals surface area (Å²) in [6.07, 6.45) is 4.01.